The van der Waals surface area contributed by atoms with E-state index in [-0.39, 0.29) is 6.04 Å². The zero-order chi connectivity index (χ0) is 23.8. The highest BCUT2D eigenvalue weighted by Gasteiger charge is 2.17. The number of carbonyl (C=O) groups is 1. The Morgan fingerprint density at radius 3 is 2.42 bits per heavy atom. The minimum atomic E-state index is -0.520. The molecule has 0 radical (unpaired) electrons. The van der Waals surface area contributed by atoms with Gasteiger partial charge in [-0.1, -0.05) is 23.7 Å². The normalized spacial score (nSPS) is 12.0. The molecule has 1 atom stereocenters. The number of aromatic nitrogens is 3. The largest absolute Gasteiger partial charge is 0.444 e. The molecule has 2 aromatic heterocycles. The van der Waals surface area contributed by atoms with E-state index in [9.17, 15) is 4.79 Å². The molecule has 2 heterocycles. The zero-order valence-electron chi connectivity index (χ0n) is 19.1. The van der Waals surface area contributed by atoms with Crippen LogP contribution in [-0.2, 0) is 17.7 Å². The molecule has 9 heteroatoms. The van der Waals surface area contributed by atoms with Crippen molar-refractivity contribution < 1.29 is 14.3 Å². The molecule has 0 aliphatic rings. The maximum absolute atomic E-state index is 11.9. The molecule has 0 fully saturated rings. The molecule has 0 bridgehead atoms. The summed E-state index contributed by atoms with van der Waals surface area (Å²) in [5, 5.41) is 6.46. The summed E-state index contributed by atoms with van der Waals surface area (Å²) in [5.74, 6) is 1.65. The van der Waals surface area contributed by atoms with Crippen molar-refractivity contribution in [2.24, 2.45) is 0 Å². The van der Waals surface area contributed by atoms with Crippen LogP contribution in [-0.4, -0.2) is 32.7 Å². The Kier molecular flexibility index (Phi) is 8.06. The Labute approximate surface area is 198 Å². The van der Waals surface area contributed by atoms with Gasteiger partial charge < -0.3 is 20.1 Å². The summed E-state index contributed by atoms with van der Waals surface area (Å²) in [5.41, 5.74) is 1.52. The third-order valence-corrected chi connectivity index (χ3v) is 4.52. The number of hydrogen-bond acceptors (Lipinski definition) is 7. The van der Waals surface area contributed by atoms with Crippen LogP contribution in [0.4, 0.5) is 10.7 Å². The lowest BCUT2D eigenvalue weighted by Crippen LogP contribution is -2.38. The topological polar surface area (TPSA) is 98.3 Å². The van der Waals surface area contributed by atoms with Crippen molar-refractivity contribution in [1.29, 1.82) is 0 Å². The quantitative estimate of drug-likeness (QED) is 0.456. The Morgan fingerprint density at radius 2 is 1.76 bits per heavy atom. The highest BCUT2D eigenvalue weighted by molar-refractivity contribution is 6.30. The van der Waals surface area contributed by atoms with E-state index in [0.29, 0.717) is 35.6 Å². The number of alkyl carbamates (subject to hydrolysis) is 1. The molecule has 3 rings (SSSR count). The van der Waals surface area contributed by atoms with Gasteiger partial charge in [0.1, 0.15) is 11.4 Å². The number of pyridine rings is 1. The Morgan fingerprint density at radius 1 is 1.06 bits per heavy atom. The Hall–Kier alpha value is -3.39. The van der Waals surface area contributed by atoms with E-state index >= 15 is 0 Å². The van der Waals surface area contributed by atoms with Gasteiger partial charge in [0, 0.05) is 24.8 Å². The van der Waals surface area contributed by atoms with Crippen LogP contribution < -0.4 is 15.4 Å². The second-order valence-electron chi connectivity index (χ2n) is 8.58. The maximum Gasteiger partial charge on any atom is 0.407 e. The first-order valence-corrected chi connectivity index (χ1v) is 11.0. The lowest BCUT2D eigenvalue weighted by Gasteiger charge is -2.22. The number of nitrogens with zero attached hydrogens (tertiary/aromatic N) is 3. The predicted molar refractivity (Wildman–Crippen MR) is 128 cm³/mol. The van der Waals surface area contributed by atoms with Crippen molar-refractivity contribution in [2.45, 2.75) is 52.3 Å². The highest BCUT2D eigenvalue weighted by atomic mass is 35.5. The van der Waals surface area contributed by atoms with Gasteiger partial charge in [0.25, 0.3) is 0 Å². The summed E-state index contributed by atoms with van der Waals surface area (Å²) in [4.78, 5) is 24.4. The predicted octanol–water partition coefficient (Wildman–Crippen LogP) is 5.39. The van der Waals surface area contributed by atoms with Crippen LogP contribution in [0, 0.1) is 0 Å². The van der Waals surface area contributed by atoms with Crippen LogP contribution in [0.15, 0.2) is 55.0 Å². The fourth-order valence-electron chi connectivity index (χ4n) is 2.93. The van der Waals surface area contributed by atoms with Crippen molar-refractivity contribution >= 4 is 23.6 Å². The van der Waals surface area contributed by atoms with Crippen LogP contribution in [0.5, 0.6) is 11.6 Å². The highest BCUT2D eigenvalue weighted by Crippen LogP contribution is 2.21. The summed E-state index contributed by atoms with van der Waals surface area (Å²) in [6, 6.07) is 11.4. The van der Waals surface area contributed by atoms with Crippen molar-refractivity contribution in [2.75, 3.05) is 5.32 Å². The average molecular weight is 470 g/mol. The number of hydrogen-bond donors (Lipinski definition) is 2. The summed E-state index contributed by atoms with van der Waals surface area (Å²) >= 11 is 5.80. The number of anilines is 1. The van der Waals surface area contributed by atoms with E-state index in [1.165, 1.54) is 12.4 Å². The number of halogens is 1. The van der Waals surface area contributed by atoms with E-state index in [1.807, 2.05) is 64.1 Å². The number of benzene rings is 1. The Bertz CT molecular complexity index is 1050. The SMILES string of the molecule is CC(Cc1ccc(Oc2cc(CNc3ncc(Cl)cn3)ccn2)cc1)NC(=O)OC(C)(C)C. The lowest BCUT2D eigenvalue weighted by molar-refractivity contribution is 0.0508. The molecular weight excluding hydrogens is 442 g/mol. The fourth-order valence-corrected chi connectivity index (χ4v) is 3.03. The first kappa shape index (κ1) is 24.3. The van der Waals surface area contributed by atoms with E-state index in [4.69, 9.17) is 21.1 Å². The van der Waals surface area contributed by atoms with Crippen molar-refractivity contribution in [3.63, 3.8) is 0 Å². The van der Waals surface area contributed by atoms with Crippen molar-refractivity contribution in [1.82, 2.24) is 20.3 Å². The van der Waals surface area contributed by atoms with Gasteiger partial charge in [-0.05, 0) is 63.4 Å². The van der Waals surface area contributed by atoms with E-state index in [1.54, 1.807) is 6.20 Å². The molecule has 0 spiro atoms. The van der Waals surface area contributed by atoms with Gasteiger partial charge in [-0.2, -0.15) is 0 Å². The molecule has 174 valence electrons. The van der Waals surface area contributed by atoms with Crippen LogP contribution in [0.2, 0.25) is 5.02 Å². The van der Waals surface area contributed by atoms with E-state index in [0.717, 1.165) is 11.1 Å². The second kappa shape index (κ2) is 11.0. The maximum atomic E-state index is 11.9. The third-order valence-electron chi connectivity index (χ3n) is 4.32. The summed E-state index contributed by atoms with van der Waals surface area (Å²) in [7, 11) is 0. The smallest absolute Gasteiger partial charge is 0.407 e. The summed E-state index contributed by atoms with van der Waals surface area (Å²) in [6.07, 6.45) is 5.02. The van der Waals surface area contributed by atoms with Gasteiger partial charge in [0.05, 0.1) is 17.4 Å². The number of carbonyl (C=O) groups excluding carboxylic acids is 1. The van der Waals surface area contributed by atoms with Crippen LogP contribution in [0.3, 0.4) is 0 Å². The van der Waals surface area contributed by atoms with Crippen LogP contribution >= 0.6 is 11.6 Å². The third kappa shape index (κ3) is 8.57. The van der Waals surface area contributed by atoms with Gasteiger partial charge in [0.2, 0.25) is 11.8 Å². The number of ether oxygens (including phenoxy) is 2. The molecule has 1 aromatic carbocycles. The average Bonchev–Trinajstić information content (AvgIpc) is 2.73. The van der Waals surface area contributed by atoms with Gasteiger partial charge in [-0.15, -0.1) is 0 Å². The first-order valence-electron chi connectivity index (χ1n) is 10.6. The molecule has 0 aliphatic carbocycles. The number of nitrogens with one attached hydrogen (secondary N) is 2. The number of rotatable bonds is 8. The molecule has 0 saturated heterocycles. The minimum absolute atomic E-state index is 0.0675. The monoisotopic (exact) mass is 469 g/mol. The van der Waals surface area contributed by atoms with E-state index in [2.05, 4.69) is 25.6 Å². The standard InChI is InChI=1S/C24H28ClN5O3/c1-16(30-23(31)33-24(2,3)4)11-17-5-7-20(8-6-17)32-21-12-18(9-10-26-21)13-27-22-28-14-19(25)15-29-22/h5-10,12,14-16H,11,13H2,1-4H3,(H,30,31)(H,27,28,29). The molecule has 8 nitrogen and oxygen atoms in total. The van der Waals surface area contributed by atoms with E-state index < -0.39 is 11.7 Å². The molecule has 3 aromatic rings. The van der Waals surface area contributed by atoms with Gasteiger partial charge in [-0.25, -0.2) is 19.7 Å². The molecule has 0 aliphatic heterocycles. The molecule has 0 saturated carbocycles. The molecular formula is C24H28ClN5O3. The Balaban J connectivity index is 1.51. The number of amides is 1. The molecule has 1 amide bonds. The van der Waals surface area contributed by atoms with Gasteiger partial charge in [0.15, 0.2) is 0 Å². The van der Waals surface area contributed by atoms with Gasteiger partial charge in [-0.3, -0.25) is 0 Å². The van der Waals surface area contributed by atoms with Crippen LogP contribution in [0.1, 0.15) is 38.8 Å². The van der Waals surface area contributed by atoms with Crippen LogP contribution in [0.25, 0.3) is 0 Å². The molecule has 2 N–H and O–H groups in total. The van der Waals surface area contributed by atoms with Gasteiger partial charge >= 0.3 is 6.09 Å². The van der Waals surface area contributed by atoms with Crippen molar-refractivity contribution in [3.05, 3.63) is 71.1 Å². The van der Waals surface area contributed by atoms with Crippen molar-refractivity contribution in [3.8, 4) is 11.6 Å². The summed E-state index contributed by atoms with van der Waals surface area (Å²) < 4.78 is 11.2. The second-order valence-corrected chi connectivity index (χ2v) is 9.01. The first-order chi connectivity index (χ1) is 15.7. The zero-order valence-corrected chi connectivity index (χ0v) is 19.9. The minimum Gasteiger partial charge on any atom is -0.444 e. The molecule has 1 unspecified atom stereocenters. The fraction of sp³-hybridized carbons (Fsp3) is 0.333. The summed E-state index contributed by atoms with van der Waals surface area (Å²) in [6.45, 7) is 7.97. The lowest BCUT2D eigenvalue weighted by atomic mass is 10.1. The molecule has 33 heavy (non-hydrogen) atoms.